The molecule has 0 aromatic rings. The molecule has 0 heterocycles. The predicted molar refractivity (Wildman–Crippen MR) is 287 cm³/mol. The highest BCUT2D eigenvalue weighted by Gasteiger charge is 2.26. The number of aliphatic hydroxyl groups is 2. The second-order valence-corrected chi connectivity index (χ2v) is 17.9. The first-order valence-corrected chi connectivity index (χ1v) is 27.3. The second-order valence-electron chi connectivity index (χ2n) is 16.4. The van der Waals surface area contributed by atoms with Gasteiger partial charge in [-0.15, -0.1) is 0 Å². The van der Waals surface area contributed by atoms with Crippen molar-refractivity contribution in [1.29, 1.82) is 0 Å². The molecule has 0 bridgehead atoms. The van der Waals surface area contributed by atoms with Crippen LogP contribution in [0, 0.1) is 0 Å². The summed E-state index contributed by atoms with van der Waals surface area (Å²) in [7, 11) is -4.55. The monoisotopic (exact) mass is 965 g/mol. The van der Waals surface area contributed by atoms with E-state index in [1.807, 2.05) is 0 Å². The lowest BCUT2D eigenvalue weighted by molar-refractivity contribution is -0.154. The van der Waals surface area contributed by atoms with Crippen molar-refractivity contribution in [1.82, 2.24) is 0 Å². The van der Waals surface area contributed by atoms with E-state index in [2.05, 4.69) is 160 Å². The van der Waals surface area contributed by atoms with E-state index in [0.717, 1.165) is 141 Å². The molecule has 0 spiro atoms. The molecule has 0 rings (SSSR count). The van der Waals surface area contributed by atoms with Crippen LogP contribution < -0.4 is 0 Å². The summed E-state index contributed by atoms with van der Waals surface area (Å²) >= 11 is 0. The SMILES string of the molecule is CC/C=C\C/C=C\C/C=C\C/C=C\C/C=C\C/C=C\CCCCCCCOCC(COP(=O)(O)OCC(O)CO)OC(=O)CCCCCC/C=C\C/C=C\C/C=C\C/C=C\C/C=C\C/C=C\CC. The Hall–Kier alpha value is -3.66. The van der Waals surface area contributed by atoms with Crippen LogP contribution in [0.15, 0.2) is 146 Å². The molecular weight excluding hydrogens is 872 g/mol. The van der Waals surface area contributed by atoms with E-state index in [1.54, 1.807) is 0 Å². The van der Waals surface area contributed by atoms with Crippen molar-refractivity contribution in [2.24, 2.45) is 0 Å². The average molecular weight is 965 g/mol. The van der Waals surface area contributed by atoms with Crippen LogP contribution >= 0.6 is 7.82 Å². The van der Waals surface area contributed by atoms with Crippen molar-refractivity contribution in [3.63, 3.8) is 0 Å². The van der Waals surface area contributed by atoms with E-state index in [9.17, 15) is 19.4 Å². The summed E-state index contributed by atoms with van der Waals surface area (Å²) < 4.78 is 33.5. The van der Waals surface area contributed by atoms with Crippen LogP contribution in [0.3, 0.4) is 0 Å². The van der Waals surface area contributed by atoms with Crippen LogP contribution in [-0.4, -0.2) is 66.3 Å². The van der Waals surface area contributed by atoms with E-state index in [4.69, 9.17) is 23.6 Å². The fourth-order valence-electron chi connectivity index (χ4n) is 6.18. The van der Waals surface area contributed by atoms with Gasteiger partial charge in [-0.25, -0.2) is 4.57 Å². The Labute approximate surface area is 414 Å². The van der Waals surface area contributed by atoms with Crippen LogP contribution in [0.5, 0.6) is 0 Å². The van der Waals surface area contributed by atoms with Gasteiger partial charge in [-0.1, -0.05) is 192 Å². The first-order valence-electron chi connectivity index (χ1n) is 25.8. The van der Waals surface area contributed by atoms with Gasteiger partial charge < -0.3 is 24.6 Å². The van der Waals surface area contributed by atoms with Gasteiger partial charge in [0.05, 0.1) is 26.4 Å². The molecule has 0 saturated carbocycles. The summed E-state index contributed by atoms with van der Waals surface area (Å²) in [4.78, 5) is 22.7. The maximum absolute atomic E-state index is 12.7. The molecule has 0 aliphatic carbocycles. The number of esters is 1. The summed E-state index contributed by atoms with van der Waals surface area (Å²) in [5, 5.41) is 18.4. The van der Waals surface area contributed by atoms with Gasteiger partial charge in [-0.3, -0.25) is 13.8 Å². The molecule has 0 saturated heterocycles. The summed E-state index contributed by atoms with van der Waals surface area (Å²) in [5.41, 5.74) is 0. The molecule has 3 atom stereocenters. The molecule has 0 amide bonds. The topological polar surface area (TPSA) is 132 Å². The lowest BCUT2D eigenvalue weighted by Gasteiger charge is -2.20. The van der Waals surface area contributed by atoms with Crippen molar-refractivity contribution >= 4 is 13.8 Å². The lowest BCUT2D eigenvalue weighted by Crippen LogP contribution is -2.29. The number of aliphatic hydroxyl groups excluding tert-OH is 2. The number of hydrogen-bond donors (Lipinski definition) is 3. The Balaban J connectivity index is 4.24. The summed E-state index contributed by atoms with van der Waals surface area (Å²) in [6.45, 7) is 3.17. The van der Waals surface area contributed by atoms with Crippen molar-refractivity contribution in [3.05, 3.63) is 146 Å². The number of ether oxygens (including phenoxy) is 2. The van der Waals surface area contributed by atoms with E-state index >= 15 is 0 Å². The van der Waals surface area contributed by atoms with Gasteiger partial charge in [-0.2, -0.15) is 0 Å². The molecule has 0 aliphatic rings. The minimum atomic E-state index is -4.55. The van der Waals surface area contributed by atoms with Crippen LogP contribution in [0.25, 0.3) is 0 Å². The standard InChI is InChI=1S/C58H93O9P/c1-3-5-7-9-11-13-15-17-19-21-23-25-27-29-31-33-35-37-39-41-43-45-47-49-51-64-54-57(55-66-68(62,63)65-53-56(60)52-59)67-58(61)50-48-46-44-42-40-38-36-34-32-30-28-26-24-22-20-18-16-14-12-10-8-6-4-2/h5-8,11-14,17-20,23-26,29-32,35-38,56-57,59-60H,3-4,9-10,15-16,21-22,27-28,33-34,39-55H2,1-2H3,(H,62,63)/b7-5-,8-6-,13-11-,14-12-,19-17-,20-18-,25-23-,26-24-,31-29-,32-30-,37-35-,38-36-. The third-order valence-corrected chi connectivity index (χ3v) is 11.0. The largest absolute Gasteiger partial charge is 0.472 e. The number of phosphoric ester groups is 1. The van der Waals surface area contributed by atoms with Crippen LogP contribution in [0.2, 0.25) is 0 Å². The Morgan fingerprint density at radius 2 is 0.794 bits per heavy atom. The van der Waals surface area contributed by atoms with E-state index in [1.165, 1.54) is 0 Å². The summed E-state index contributed by atoms with van der Waals surface area (Å²) in [6, 6.07) is 0. The van der Waals surface area contributed by atoms with Crippen molar-refractivity contribution < 1.29 is 43.0 Å². The summed E-state index contributed by atoms with van der Waals surface area (Å²) in [6.07, 6.45) is 73.8. The normalized spacial score (nSPS) is 15.0. The van der Waals surface area contributed by atoms with Gasteiger partial charge in [-0.05, 0) is 116 Å². The zero-order chi connectivity index (χ0) is 49.5. The number of allylic oxidation sites excluding steroid dienone is 24. The number of carbonyl (C=O) groups excluding carboxylic acids is 1. The third-order valence-electron chi connectivity index (χ3n) is 10.0. The highest BCUT2D eigenvalue weighted by Crippen LogP contribution is 2.43. The van der Waals surface area contributed by atoms with Gasteiger partial charge in [0.1, 0.15) is 12.2 Å². The molecule has 0 radical (unpaired) electrons. The van der Waals surface area contributed by atoms with Crippen LogP contribution in [-0.2, 0) is 27.9 Å². The quantitative estimate of drug-likeness (QED) is 0.0236. The lowest BCUT2D eigenvalue weighted by atomic mass is 10.1. The zero-order valence-corrected chi connectivity index (χ0v) is 43.1. The van der Waals surface area contributed by atoms with Gasteiger partial charge in [0.15, 0.2) is 0 Å². The van der Waals surface area contributed by atoms with Gasteiger partial charge in [0, 0.05) is 13.0 Å². The van der Waals surface area contributed by atoms with E-state index in [0.29, 0.717) is 13.0 Å². The van der Waals surface area contributed by atoms with Gasteiger partial charge >= 0.3 is 13.8 Å². The van der Waals surface area contributed by atoms with Gasteiger partial charge in [0.25, 0.3) is 0 Å². The van der Waals surface area contributed by atoms with Crippen LogP contribution in [0.1, 0.15) is 168 Å². The Morgan fingerprint density at radius 3 is 1.19 bits per heavy atom. The summed E-state index contributed by atoms with van der Waals surface area (Å²) in [5.74, 6) is -0.421. The van der Waals surface area contributed by atoms with Gasteiger partial charge in [0.2, 0.25) is 0 Å². The molecule has 68 heavy (non-hydrogen) atoms. The molecule has 3 N–H and O–H groups in total. The van der Waals surface area contributed by atoms with Crippen molar-refractivity contribution in [2.45, 2.75) is 180 Å². The maximum Gasteiger partial charge on any atom is 0.472 e. The highest BCUT2D eigenvalue weighted by molar-refractivity contribution is 7.47. The van der Waals surface area contributed by atoms with Crippen LogP contribution in [0.4, 0.5) is 0 Å². The number of unbranched alkanes of at least 4 members (excludes halogenated alkanes) is 9. The molecule has 0 fully saturated rings. The van der Waals surface area contributed by atoms with Crippen molar-refractivity contribution in [3.8, 4) is 0 Å². The first-order chi connectivity index (χ1) is 33.3. The number of hydrogen-bond acceptors (Lipinski definition) is 8. The van der Waals surface area contributed by atoms with E-state index in [-0.39, 0.29) is 13.0 Å². The number of carbonyl (C=O) groups is 1. The fourth-order valence-corrected chi connectivity index (χ4v) is 6.97. The Morgan fingerprint density at radius 1 is 0.456 bits per heavy atom. The molecular formula is C58H93O9P. The molecule has 0 aliphatic heterocycles. The zero-order valence-electron chi connectivity index (χ0n) is 42.3. The third kappa shape index (κ3) is 51.7. The molecule has 3 unspecified atom stereocenters. The van der Waals surface area contributed by atoms with Crippen molar-refractivity contribution in [2.75, 3.05) is 33.0 Å². The molecule has 0 aromatic carbocycles. The first kappa shape index (κ1) is 64.3. The Bertz CT molecular complexity index is 1560. The average Bonchev–Trinajstić information content (AvgIpc) is 3.33. The minimum absolute atomic E-state index is 0.0135. The Kier molecular flexibility index (Phi) is 49.9. The highest BCUT2D eigenvalue weighted by atomic mass is 31.2. The predicted octanol–water partition coefficient (Wildman–Crippen LogP) is 15.5. The second kappa shape index (κ2) is 52.7. The smallest absolute Gasteiger partial charge is 0.457 e. The maximum atomic E-state index is 12.7. The fraction of sp³-hybridized carbons (Fsp3) is 0.569. The minimum Gasteiger partial charge on any atom is -0.457 e. The van der Waals surface area contributed by atoms with E-state index < -0.39 is 45.8 Å². The molecule has 384 valence electrons. The molecule has 10 heteroatoms. The molecule has 0 aromatic heterocycles. The molecule has 9 nitrogen and oxygen atoms in total. The number of phosphoric acid groups is 1. The number of rotatable bonds is 47.